The average Bonchev–Trinajstić information content (AvgIpc) is 2.99. The first-order valence-electron chi connectivity index (χ1n) is 7.47. The van der Waals surface area contributed by atoms with E-state index in [2.05, 4.69) is 10.3 Å². The highest BCUT2D eigenvalue weighted by Gasteiger charge is 2.16. The Hall–Kier alpha value is -3.42. The number of hydrogen-bond donors (Lipinski definition) is 3. The maximum absolute atomic E-state index is 13.7. The molecule has 3 aromatic rings. The van der Waals surface area contributed by atoms with Crippen LogP contribution in [0.1, 0.15) is 15.9 Å². The number of benzene rings is 2. The molecule has 0 spiro atoms. The van der Waals surface area contributed by atoms with Gasteiger partial charge in [-0.1, -0.05) is 12.1 Å². The van der Waals surface area contributed by atoms with Crippen LogP contribution in [0.3, 0.4) is 0 Å². The van der Waals surface area contributed by atoms with Gasteiger partial charge in [-0.05, 0) is 24.1 Å². The van der Waals surface area contributed by atoms with Gasteiger partial charge in [-0.25, -0.2) is 9.18 Å². The number of nitro groups is 1. The van der Waals surface area contributed by atoms with Gasteiger partial charge in [0.15, 0.2) is 0 Å². The number of hydrogen-bond acceptors (Lipinski definition) is 4. The highest BCUT2D eigenvalue weighted by atomic mass is 19.1. The molecule has 25 heavy (non-hydrogen) atoms. The van der Waals surface area contributed by atoms with E-state index in [1.807, 2.05) is 0 Å². The minimum Gasteiger partial charge on any atom is -0.478 e. The number of fused-ring (bicyclic) bond motifs is 1. The van der Waals surface area contributed by atoms with Gasteiger partial charge in [-0.15, -0.1) is 0 Å². The number of non-ortho nitro benzene ring substituents is 1. The number of carboxylic acid groups (broad SMARTS) is 1. The molecule has 0 aliphatic heterocycles. The minimum absolute atomic E-state index is 0.167. The van der Waals surface area contributed by atoms with Crippen molar-refractivity contribution in [3.05, 3.63) is 69.7 Å². The Labute approximate surface area is 141 Å². The first kappa shape index (κ1) is 16.4. The highest BCUT2D eigenvalue weighted by molar-refractivity contribution is 5.95. The van der Waals surface area contributed by atoms with Crippen molar-refractivity contribution in [3.8, 4) is 0 Å². The fraction of sp³-hybridized carbons (Fsp3) is 0.118. The van der Waals surface area contributed by atoms with Crippen LogP contribution < -0.4 is 5.32 Å². The van der Waals surface area contributed by atoms with Crippen LogP contribution in [0.2, 0.25) is 0 Å². The Bertz CT molecular complexity index is 968. The summed E-state index contributed by atoms with van der Waals surface area (Å²) in [6, 6.07) is 8.44. The van der Waals surface area contributed by atoms with Crippen LogP contribution in [0.4, 0.5) is 15.8 Å². The van der Waals surface area contributed by atoms with Crippen molar-refractivity contribution in [2.45, 2.75) is 6.42 Å². The van der Waals surface area contributed by atoms with E-state index in [1.165, 1.54) is 18.2 Å². The molecule has 0 aliphatic carbocycles. The van der Waals surface area contributed by atoms with Crippen molar-refractivity contribution in [1.82, 2.24) is 4.98 Å². The molecule has 0 aliphatic rings. The number of carbonyl (C=O) groups is 1. The Morgan fingerprint density at radius 1 is 1.32 bits per heavy atom. The summed E-state index contributed by atoms with van der Waals surface area (Å²) in [5.41, 5.74) is 1.16. The zero-order chi connectivity index (χ0) is 18.0. The summed E-state index contributed by atoms with van der Waals surface area (Å²) in [6.45, 7) is 0.390. The third kappa shape index (κ3) is 3.27. The molecule has 128 valence electrons. The van der Waals surface area contributed by atoms with Crippen LogP contribution in [0.5, 0.6) is 0 Å². The Kier molecular flexibility index (Phi) is 4.34. The van der Waals surface area contributed by atoms with Crippen LogP contribution in [0.15, 0.2) is 42.6 Å². The molecule has 2 aromatic carbocycles. The number of rotatable bonds is 6. The number of anilines is 1. The van der Waals surface area contributed by atoms with Crippen molar-refractivity contribution >= 4 is 28.2 Å². The molecule has 8 heteroatoms. The topological polar surface area (TPSA) is 108 Å². The molecule has 1 aromatic heterocycles. The zero-order valence-corrected chi connectivity index (χ0v) is 13.0. The van der Waals surface area contributed by atoms with E-state index in [4.69, 9.17) is 0 Å². The van der Waals surface area contributed by atoms with Gasteiger partial charge in [0.25, 0.3) is 5.69 Å². The zero-order valence-electron chi connectivity index (χ0n) is 13.0. The van der Waals surface area contributed by atoms with Crippen LogP contribution in [-0.4, -0.2) is 27.5 Å². The summed E-state index contributed by atoms with van der Waals surface area (Å²) in [7, 11) is 0. The van der Waals surface area contributed by atoms with Crippen molar-refractivity contribution in [2.24, 2.45) is 0 Å². The third-order valence-corrected chi connectivity index (χ3v) is 3.90. The Morgan fingerprint density at radius 2 is 2.12 bits per heavy atom. The monoisotopic (exact) mass is 343 g/mol. The van der Waals surface area contributed by atoms with Crippen LogP contribution >= 0.6 is 0 Å². The van der Waals surface area contributed by atoms with Gasteiger partial charge >= 0.3 is 5.97 Å². The van der Waals surface area contributed by atoms with E-state index in [1.54, 1.807) is 18.3 Å². The molecule has 3 rings (SSSR count). The van der Waals surface area contributed by atoms with Gasteiger partial charge in [0.2, 0.25) is 0 Å². The first-order chi connectivity index (χ1) is 12.0. The lowest BCUT2D eigenvalue weighted by atomic mass is 10.1. The molecule has 0 fully saturated rings. The molecule has 3 N–H and O–H groups in total. The summed E-state index contributed by atoms with van der Waals surface area (Å²) in [4.78, 5) is 24.3. The fourth-order valence-corrected chi connectivity index (χ4v) is 2.69. The Morgan fingerprint density at radius 3 is 2.84 bits per heavy atom. The lowest BCUT2D eigenvalue weighted by molar-refractivity contribution is -0.384. The van der Waals surface area contributed by atoms with E-state index in [0.29, 0.717) is 24.2 Å². The SMILES string of the molecule is O=C(O)c1cc([N+](=O)[O-])ccc1NCCc1c[nH]c2c(F)cccc12. The standard InChI is InChI=1S/C17H14FN3O4/c18-14-3-1-2-12-10(9-20-16(12)14)6-7-19-15-5-4-11(21(24)25)8-13(15)17(22)23/h1-5,8-9,19-20H,6-7H2,(H,22,23). The third-order valence-electron chi connectivity index (χ3n) is 3.90. The van der Waals surface area contributed by atoms with E-state index < -0.39 is 10.9 Å². The summed E-state index contributed by atoms with van der Waals surface area (Å²) >= 11 is 0. The maximum atomic E-state index is 13.7. The summed E-state index contributed by atoms with van der Waals surface area (Å²) in [6.07, 6.45) is 2.24. The molecule has 0 bridgehead atoms. The normalized spacial score (nSPS) is 10.8. The molecular formula is C17H14FN3O4. The van der Waals surface area contributed by atoms with E-state index in [0.717, 1.165) is 17.0 Å². The summed E-state index contributed by atoms with van der Waals surface area (Å²) in [5.74, 6) is -1.58. The average molecular weight is 343 g/mol. The van der Waals surface area contributed by atoms with Gasteiger partial charge in [0.05, 0.1) is 16.0 Å². The largest absolute Gasteiger partial charge is 0.478 e. The number of carboxylic acids is 1. The van der Waals surface area contributed by atoms with Gasteiger partial charge in [-0.3, -0.25) is 10.1 Å². The second-order valence-electron chi connectivity index (χ2n) is 5.45. The molecule has 7 nitrogen and oxygen atoms in total. The maximum Gasteiger partial charge on any atom is 0.338 e. The molecule has 0 saturated carbocycles. The van der Waals surface area contributed by atoms with Gasteiger partial charge in [0, 0.05) is 35.9 Å². The number of para-hydroxylation sites is 1. The van der Waals surface area contributed by atoms with Gasteiger partial charge < -0.3 is 15.4 Å². The number of H-pyrrole nitrogens is 1. The van der Waals surface area contributed by atoms with E-state index >= 15 is 0 Å². The molecule has 0 amide bonds. The lowest BCUT2D eigenvalue weighted by Crippen LogP contribution is -2.10. The van der Waals surface area contributed by atoms with Gasteiger partial charge in [0.1, 0.15) is 5.82 Å². The van der Waals surface area contributed by atoms with Crippen molar-refractivity contribution in [2.75, 3.05) is 11.9 Å². The quantitative estimate of drug-likeness (QED) is 0.468. The summed E-state index contributed by atoms with van der Waals surface area (Å²) in [5, 5.41) is 23.7. The number of halogens is 1. The molecular weight excluding hydrogens is 329 g/mol. The second-order valence-corrected chi connectivity index (χ2v) is 5.45. The number of nitrogens with one attached hydrogen (secondary N) is 2. The van der Waals surface area contributed by atoms with Crippen LogP contribution in [-0.2, 0) is 6.42 Å². The van der Waals surface area contributed by atoms with Gasteiger partial charge in [-0.2, -0.15) is 0 Å². The first-order valence-corrected chi connectivity index (χ1v) is 7.47. The fourth-order valence-electron chi connectivity index (χ4n) is 2.69. The number of nitrogens with zero attached hydrogens (tertiary/aromatic N) is 1. The van der Waals surface area contributed by atoms with Crippen LogP contribution in [0, 0.1) is 15.9 Å². The number of aromatic nitrogens is 1. The highest BCUT2D eigenvalue weighted by Crippen LogP contribution is 2.24. The molecule has 0 radical (unpaired) electrons. The summed E-state index contributed by atoms with van der Waals surface area (Å²) < 4.78 is 13.7. The van der Waals surface area contributed by atoms with E-state index in [9.17, 15) is 24.4 Å². The number of nitro benzene ring substituents is 1. The van der Waals surface area contributed by atoms with Crippen molar-refractivity contribution in [3.63, 3.8) is 0 Å². The predicted octanol–water partition coefficient (Wildman–Crippen LogP) is 3.57. The van der Waals surface area contributed by atoms with Crippen molar-refractivity contribution in [1.29, 1.82) is 0 Å². The van der Waals surface area contributed by atoms with E-state index in [-0.39, 0.29) is 17.1 Å². The molecule has 0 saturated heterocycles. The minimum atomic E-state index is -1.25. The second kappa shape index (κ2) is 6.60. The predicted molar refractivity (Wildman–Crippen MR) is 90.5 cm³/mol. The molecule has 1 heterocycles. The number of aromatic carboxylic acids is 1. The smallest absolute Gasteiger partial charge is 0.338 e. The molecule has 0 atom stereocenters. The lowest BCUT2D eigenvalue weighted by Gasteiger charge is -2.09. The van der Waals surface area contributed by atoms with Crippen LogP contribution in [0.25, 0.3) is 10.9 Å². The number of aromatic amines is 1. The molecule has 0 unspecified atom stereocenters. The Balaban J connectivity index is 1.76. The van der Waals surface area contributed by atoms with Crippen molar-refractivity contribution < 1.29 is 19.2 Å².